The van der Waals surface area contributed by atoms with Crippen LogP contribution in [-0.4, -0.2) is 13.4 Å². The van der Waals surface area contributed by atoms with Crippen molar-refractivity contribution in [1.29, 1.82) is 0 Å². The fourth-order valence-electron chi connectivity index (χ4n) is 13.9. The smallest absolute Gasteiger partial charge is 0.243 e. The predicted molar refractivity (Wildman–Crippen MR) is 359 cm³/mol. The Labute approximate surface area is 490 Å². The third-order valence-corrected chi connectivity index (χ3v) is 16.9. The topological polar surface area (TPSA) is 6.48 Å². The molecule has 0 aliphatic carbocycles. The molecule has 402 valence electrons. The van der Waals surface area contributed by atoms with Crippen LogP contribution in [0.3, 0.4) is 0 Å². The average Bonchev–Trinajstić information content (AvgIpc) is 3.61. The quantitative estimate of drug-likeness (QED) is 0.100. The molecule has 0 saturated heterocycles. The second-order valence-electron chi connectivity index (χ2n) is 23.2. The molecule has 0 saturated carbocycles. The van der Waals surface area contributed by atoms with Gasteiger partial charge in [0.05, 0.1) is 0 Å². The van der Waals surface area contributed by atoms with Crippen molar-refractivity contribution in [1.82, 2.24) is 0 Å². The molecule has 4 heteroatoms. The molecule has 0 radical (unpaired) electrons. The molecule has 82 heavy (non-hydrogen) atoms. The second-order valence-corrected chi connectivity index (χ2v) is 23.2. The van der Waals surface area contributed by atoms with E-state index < -0.39 is 0 Å². The summed E-state index contributed by atoms with van der Waals surface area (Å²) in [7, 11) is 0. The Hall–Kier alpha value is -8.85. The Morgan fingerprint density at radius 2 is 0.415 bits per heavy atom. The molecular weight excluding hydrogens is 986 g/mol. The molecule has 11 rings (SSSR count). The normalized spacial score (nSPS) is 11.2. The molecule has 0 aromatic heterocycles. The summed E-state index contributed by atoms with van der Waals surface area (Å²) in [6.07, 6.45) is 0. The Balaban J connectivity index is 1.27. The maximum absolute atomic E-state index is 2.63. The van der Waals surface area contributed by atoms with Gasteiger partial charge in [0.1, 0.15) is 0 Å². The number of anilines is 6. The molecule has 0 aliphatic heterocycles. The van der Waals surface area contributed by atoms with Gasteiger partial charge in [-0.2, -0.15) is 0 Å². The molecule has 0 heterocycles. The Morgan fingerprint density at radius 3 is 0.622 bits per heavy atom. The molecule has 0 fully saturated rings. The predicted octanol–water partition coefficient (Wildman–Crippen LogP) is 16.7. The van der Waals surface area contributed by atoms with Gasteiger partial charge in [-0.15, -0.1) is 0 Å². The summed E-state index contributed by atoms with van der Waals surface area (Å²) in [6, 6.07) is 86.2. The van der Waals surface area contributed by atoms with Crippen LogP contribution in [0, 0.1) is 83.1 Å². The summed E-state index contributed by atoms with van der Waals surface area (Å²) >= 11 is 0. The van der Waals surface area contributed by atoms with Gasteiger partial charge >= 0.3 is 0 Å². The first-order valence-corrected chi connectivity index (χ1v) is 29.1. The molecule has 0 aliphatic rings. The van der Waals surface area contributed by atoms with E-state index in [-0.39, 0.29) is 13.4 Å². The molecule has 0 amide bonds. The van der Waals surface area contributed by atoms with Gasteiger partial charge < -0.3 is 9.80 Å². The first-order valence-electron chi connectivity index (χ1n) is 29.1. The van der Waals surface area contributed by atoms with Gasteiger partial charge in [-0.3, -0.25) is 0 Å². The summed E-state index contributed by atoms with van der Waals surface area (Å²) in [5, 5.41) is 0. The fraction of sp³-hybridized carbons (Fsp3) is 0.154. The van der Waals surface area contributed by atoms with Gasteiger partial charge in [0.15, 0.2) is 0 Å². The molecule has 0 atom stereocenters. The Bertz CT molecular complexity index is 3540. The summed E-state index contributed by atoms with van der Waals surface area (Å²) in [4.78, 5) is 4.73. The van der Waals surface area contributed by atoms with Crippen LogP contribution in [0.4, 0.5) is 34.1 Å². The monoisotopic (exact) mass is 1060 g/mol. The third kappa shape index (κ3) is 10.9. The molecule has 11 aromatic carbocycles. The van der Waals surface area contributed by atoms with Crippen molar-refractivity contribution in [2.45, 2.75) is 83.1 Å². The number of hydrogen-bond acceptors (Lipinski definition) is 2. The first kappa shape index (κ1) is 55.1. The second kappa shape index (κ2) is 23.3. The number of benzene rings is 11. The van der Waals surface area contributed by atoms with Crippen LogP contribution >= 0.6 is 0 Å². The van der Waals surface area contributed by atoms with Gasteiger partial charge in [0.25, 0.3) is 0 Å². The highest BCUT2D eigenvalue weighted by Crippen LogP contribution is 2.38. The number of nitrogens with zero attached hydrogens (tertiary/aromatic N) is 2. The Kier molecular flexibility index (Phi) is 15.7. The van der Waals surface area contributed by atoms with Crippen LogP contribution in [0.2, 0.25) is 0 Å². The molecule has 0 bridgehead atoms. The van der Waals surface area contributed by atoms with Crippen molar-refractivity contribution in [2.24, 2.45) is 0 Å². The van der Waals surface area contributed by atoms with Crippen molar-refractivity contribution in [2.75, 3.05) is 9.80 Å². The summed E-state index contributed by atoms with van der Waals surface area (Å²) in [5.74, 6) is 0. The van der Waals surface area contributed by atoms with E-state index in [4.69, 9.17) is 0 Å². The van der Waals surface area contributed by atoms with Gasteiger partial charge in [0.2, 0.25) is 13.4 Å². The van der Waals surface area contributed by atoms with E-state index in [9.17, 15) is 0 Å². The molecule has 2 nitrogen and oxygen atoms in total. The van der Waals surface area contributed by atoms with E-state index in [2.05, 4.69) is 323 Å². The van der Waals surface area contributed by atoms with Crippen molar-refractivity contribution in [3.8, 4) is 22.3 Å². The lowest BCUT2D eigenvalue weighted by Crippen LogP contribution is -2.59. The van der Waals surface area contributed by atoms with E-state index in [0.717, 1.165) is 34.1 Å². The summed E-state index contributed by atoms with van der Waals surface area (Å²) in [5.41, 5.74) is 35.0. The lowest BCUT2D eigenvalue weighted by molar-refractivity contribution is 1.28. The van der Waals surface area contributed by atoms with Gasteiger partial charge in [-0.1, -0.05) is 257 Å². The minimum Gasteiger partial charge on any atom is -0.311 e. The van der Waals surface area contributed by atoms with Crippen LogP contribution in [0.15, 0.2) is 231 Å². The molecule has 0 spiro atoms. The van der Waals surface area contributed by atoms with Crippen LogP contribution < -0.4 is 42.6 Å². The maximum atomic E-state index is 2.63. The summed E-state index contributed by atoms with van der Waals surface area (Å²) in [6.45, 7) is 27.4. The zero-order valence-corrected chi connectivity index (χ0v) is 50.0. The van der Waals surface area contributed by atoms with Crippen LogP contribution in [0.25, 0.3) is 22.3 Å². The Morgan fingerprint density at radius 1 is 0.220 bits per heavy atom. The van der Waals surface area contributed by atoms with Gasteiger partial charge in [-0.25, -0.2) is 0 Å². The largest absolute Gasteiger partial charge is 0.311 e. The van der Waals surface area contributed by atoms with E-state index >= 15 is 0 Å². The fourth-order valence-corrected chi connectivity index (χ4v) is 13.9. The number of aryl methyl sites for hydroxylation is 12. The highest BCUT2D eigenvalue weighted by atomic mass is 15.1. The SMILES string of the molecule is Cc1cc(C)c(B(c2cc(-c3ccc(N(c4ccccc4)c4ccccc4)cc3)c(B(c3c(C)cc(C)cc3C)c3c(C)cc(C)cc3C)cc2-c2ccc(N(c3ccccc3)c3ccccc3)cc2)c2c(C)cc(C)cc2C)c(C)c1. The zero-order chi connectivity index (χ0) is 57.3. The standard InChI is InChI=1S/C78H74B2N2/c1-51-41-55(5)75(56(6)42-51)79(76-57(7)43-52(2)44-58(76)8)73-49-72(64-35-39-70(40-36-64)82(67-29-21-15-22-30-67)68-31-23-16-24-32-68)74(80(77-59(9)45-53(3)46-60(77)10)78-61(11)47-54(4)48-62(78)12)50-71(73)63-33-37-69(38-34-63)81(65-25-17-13-18-26-65)66-27-19-14-20-28-66/h13-50H,1-12H3. The molecule has 0 unspecified atom stereocenters. The van der Waals surface area contributed by atoms with Crippen molar-refractivity contribution < 1.29 is 0 Å². The van der Waals surface area contributed by atoms with Crippen LogP contribution in [0.5, 0.6) is 0 Å². The van der Waals surface area contributed by atoms with Crippen molar-refractivity contribution in [3.05, 3.63) is 297 Å². The minimum atomic E-state index is -0.108. The average molecular weight is 1060 g/mol. The van der Waals surface area contributed by atoms with E-state index in [0.29, 0.717) is 0 Å². The first-order chi connectivity index (χ1) is 39.6. The van der Waals surface area contributed by atoms with E-state index in [1.165, 1.54) is 122 Å². The van der Waals surface area contributed by atoms with Crippen LogP contribution in [0.1, 0.15) is 66.8 Å². The highest BCUT2D eigenvalue weighted by molar-refractivity contribution is 6.99. The minimum absolute atomic E-state index is 0.108. The lowest BCUT2D eigenvalue weighted by atomic mass is 9.31. The van der Waals surface area contributed by atoms with Gasteiger partial charge in [-0.05, 0) is 178 Å². The van der Waals surface area contributed by atoms with Crippen molar-refractivity contribution in [3.63, 3.8) is 0 Å². The van der Waals surface area contributed by atoms with Crippen molar-refractivity contribution >= 4 is 80.3 Å². The number of para-hydroxylation sites is 4. The van der Waals surface area contributed by atoms with Crippen LogP contribution in [-0.2, 0) is 0 Å². The summed E-state index contributed by atoms with van der Waals surface area (Å²) < 4.78 is 0. The number of hydrogen-bond donors (Lipinski definition) is 0. The van der Waals surface area contributed by atoms with E-state index in [1.54, 1.807) is 0 Å². The molecule has 0 N–H and O–H groups in total. The lowest BCUT2D eigenvalue weighted by Gasteiger charge is -2.31. The third-order valence-electron chi connectivity index (χ3n) is 16.9. The molecular formula is C78H74B2N2. The van der Waals surface area contributed by atoms with E-state index in [1.807, 2.05) is 0 Å². The highest BCUT2D eigenvalue weighted by Gasteiger charge is 2.36. The zero-order valence-electron chi connectivity index (χ0n) is 50.0. The molecule has 11 aromatic rings. The number of rotatable bonds is 14. The van der Waals surface area contributed by atoms with Gasteiger partial charge in [0, 0.05) is 34.1 Å². The maximum Gasteiger partial charge on any atom is 0.243 e.